The first-order valence-electron chi connectivity index (χ1n) is 12.5. The Balaban J connectivity index is 1.43. The number of ether oxygens (including phenoxy) is 2. The second kappa shape index (κ2) is 10.6. The lowest BCUT2D eigenvalue weighted by atomic mass is 9.97. The van der Waals surface area contributed by atoms with Gasteiger partial charge in [0.2, 0.25) is 0 Å². The number of amides is 1. The Morgan fingerprint density at radius 1 is 1.11 bits per heavy atom. The van der Waals surface area contributed by atoms with Gasteiger partial charge >= 0.3 is 0 Å². The summed E-state index contributed by atoms with van der Waals surface area (Å²) in [5.74, 6) is 0.496. The van der Waals surface area contributed by atoms with Crippen LogP contribution in [0.4, 0.5) is 19.0 Å². The van der Waals surface area contributed by atoms with Crippen molar-refractivity contribution in [2.24, 2.45) is 0 Å². The Morgan fingerprint density at radius 2 is 1.89 bits per heavy atom. The lowest BCUT2D eigenvalue weighted by Gasteiger charge is -2.34. The second-order valence-corrected chi connectivity index (χ2v) is 9.55. The van der Waals surface area contributed by atoms with Gasteiger partial charge in [-0.3, -0.25) is 4.79 Å². The molecule has 1 aromatic heterocycles. The van der Waals surface area contributed by atoms with Crippen molar-refractivity contribution in [3.05, 3.63) is 59.4 Å². The first-order valence-corrected chi connectivity index (χ1v) is 12.5. The third-order valence-corrected chi connectivity index (χ3v) is 7.20. The van der Waals surface area contributed by atoms with E-state index >= 15 is 4.39 Å². The maximum Gasteiger partial charge on any atom is 0.260 e. The number of piperazine rings is 1. The lowest BCUT2D eigenvalue weighted by Crippen LogP contribution is -2.52. The summed E-state index contributed by atoms with van der Waals surface area (Å²) in [6, 6.07) is 9.39. The van der Waals surface area contributed by atoms with E-state index in [-0.39, 0.29) is 35.2 Å². The molecule has 0 saturated carbocycles. The number of benzene rings is 2. The summed E-state index contributed by atoms with van der Waals surface area (Å²) in [5, 5.41) is 10.8. The Morgan fingerprint density at radius 3 is 2.58 bits per heavy atom. The van der Waals surface area contributed by atoms with Crippen LogP contribution in [-0.2, 0) is 0 Å². The Bertz CT molecular complexity index is 1330. The van der Waals surface area contributed by atoms with E-state index in [4.69, 9.17) is 9.47 Å². The minimum absolute atomic E-state index is 0.00479. The van der Waals surface area contributed by atoms with Crippen molar-refractivity contribution < 1.29 is 27.4 Å². The van der Waals surface area contributed by atoms with E-state index < -0.39 is 24.3 Å². The molecule has 38 heavy (non-hydrogen) atoms. The molecule has 2 unspecified atom stereocenters. The molecule has 3 aromatic rings. The molecule has 0 radical (unpaired) electrons. The predicted molar refractivity (Wildman–Crippen MR) is 137 cm³/mol. The zero-order valence-corrected chi connectivity index (χ0v) is 21.4. The zero-order valence-electron chi connectivity index (χ0n) is 21.4. The van der Waals surface area contributed by atoms with Crippen LogP contribution >= 0.6 is 0 Å². The number of hydrogen-bond acceptors (Lipinski definition) is 6. The molecule has 202 valence electrons. The fraction of sp³-hybridized carbons (Fsp3) is 0.407. The molecule has 2 aliphatic heterocycles. The summed E-state index contributed by atoms with van der Waals surface area (Å²) in [6.07, 6.45) is -2.61. The van der Waals surface area contributed by atoms with Crippen molar-refractivity contribution in [3.63, 3.8) is 0 Å². The molecule has 1 fully saturated rings. The third kappa shape index (κ3) is 4.78. The van der Waals surface area contributed by atoms with E-state index in [0.29, 0.717) is 37.0 Å². The van der Waals surface area contributed by atoms with Crippen molar-refractivity contribution in [1.82, 2.24) is 20.0 Å². The number of rotatable bonds is 6. The zero-order chi connectivity index (χ0) is 27.0. The Kier molecular flexibility index (Phi) is 7.20. The van der Waals surface area contributed by atoms with Gasteiger partial charge in [-0.25, -0.2) is 17.9 Å². The predicted octanol–water partition coefficient (Wildman–Crippen LogP) is 4.50. The number of nitrogens with zero attached hydrogens (tertiary/aromatic N) is 3. The minimum atomic E-state index is -2.68. The SMILES string of the molecule is COc1ccc(C2CC(C(F)F)n3nc(-c4ccc(C(=O)N5CCNC[C@@H]5C)cc4F)cc3N2)cc1OC. The normalized spacial score (nSPS) is 21.1. The average molecular weight is 530 g/mol. The highest BCUT2D eigenvalue weighted by Gasteiger charge is 2.35. The highest BCUT2D eigenvalue weighted by Crippen LogP contribution is 2.41. The second-order valence-electron chi connectivity index (χ2n) is 9.55. The van der Waals surface area contributed by atoms with Gasteiger partial charge in [-0.1, -0.05) is 6.07 Å². The summed E-state index contributed by atoms with van der Waals surface area (Å²) in [7, 11) is 3.04. The van der Waals surface area contributed by atoms with E-state index in [9.17, 15) is 13.6 Å². The van der Waals surface area contributed by atoms with E-state index in [2.05, 4.69) is 15.7 Å². The molecular formula is C27H30F3N5O3. The first-order chi connectivity index (χ1) is 18.3. The van der Waals surface area contributed by atoms with E-state index in [1.807, 2.05) is 6.92 Å². The molecule has 3 atom stereocenters. The lowest BCUT2D eigenvalue weighted by molar-refractivity contribution is 0.0651. The fourth-order valence-electron chi connectivity index (χ4n) is 5.13. The van der Waals surface area contributed by atoms with Crippen LogP contribution in [0.3, 0.4) is 0 Å². The molecular weight excluding hydrogens is 499 g/mol. The molecule has 0 bridgehead atoms. The van der Waals surface area contributed by atoms with Crippen LogP contribution < -0.4 is 20.1 Å². The smallest absolute Gasteiger partial charge is 0.260 e. The van der Waals surface area contributed by atoms with Crippen molar-refractivity contribution in [1.29, 1.82) is 0 Å². The van der Waals surface area contributed by atoms with Crippen LogP contribution in [-0.4, -0.2) is 66.9 Å². The van der Waals surface area contributed by atoms with Gasteiger partial charge in [-0.15, -0.1) is 0 Å². The maximum atomic E-state index is 15.3. The highest BCUT2D eigenvalue weighted by atomic mass is 19.3. The van der Waals surface area contributed by atoms with Crippen LogP contribution in [0.1, 0.15) is 41.3 Å². The molecule has 8 nitrogen and oxygen atoms in total. The summed E-state index contributed by atoms with van der Waals surface area (Å²) in [5.41, 5.74) is 1.33. The summed E-state index contributed by atoms with van der Waals surface area (Å²) in [4.78, 5) is 14.7. The van der Waals surface area contributed by atoms with Crippen molar-refractivity contribution in [2.45, 2.75) is 37.9 Å². The molecule has 2 aromatic carbocycles. The summed E-state index contributed by atoms with van der Waals surface area (Å²) >= 11 is 0. The van der Waals surface area contributed by atoms with Gasteiger partial charge in [0.05, 0.1) is 26.0 Å². The Labute approximate surface area is 218 Å². The van der Waals surface area contributed by atoms with Gasteiger partial charge in [0.15, 0.2) is 11.5 Å². The number of fused-ring (bicyclic) bond motifs is 1. The quantitative estimate of drug-likeness (QED) is 0.490. The maximum absolute atomic E-state index is 15.3. The van der Waals surface area contributed by atoms with Crippen molar-refractivity contribution >= 4 is 11.7 Å². The summed E-state index contributed by atoms with van der Waals surface area (Å²) in [6.45, 7) is 3.83. The molecule has 11 heteroatoms. The number of aromatic nitrogens is 2. The van der Waals surface area contributed by atoms with Gasteiger partial charge in [0.1, 0.15) is 17.7 Å². The largest absolute Gasteiger partial charge is 0.493 e. The first kappa shape index (κ1) is 25.9. The average Bonchev–Trinajstić information content (AvgIpc) is 3.35. The minimum Gasteiger partial charge on any atom is -0.493 e. The van der Waals surface area contributed by atoms with E-state index in [0.717, 1.165) is 5.56 Å². The van der Waals surface area contributed by atoms with Crippen molar-refractivity contribution in [3.8, 4) is 22.8 Å². The molecule has 1 saturated heterocycles. The molecule has 2 aliphatic rings. The topological polar surface area (TPSA) is 80.7 Å². The number of carbonyl (C=O) groups excluding carboxylic acids is 1. The third-order valence-electron chi connectivity index (χ3n) is 7.20. The molecule has 5 rings (SSSR count). The fourth-order valence-corrected chi connectivity index (χ4v) is 5.13. The van der Waals surface area contributed by atoms with Crippen molar-refractivity contribution in [2.75, 3.05) is 39.2 Å². The van der Waals surface area contributed by atoms with Gasteiger partial charge in [-0.05, 0) is 49.2 Å². The van der Waals surface area contributed by atoms with Gasteiger partial charge in [0.25, 0.3) is 12.3 Å². The summed E-state index contributed by atoms with van der Waals surface area (Å²) < 4.78 is 55.4. The van der Waals surface area contributed by atoms with Crippen LogP contribution in [0.25, 0.3) is 11.3 Å². The number of carbonyl (C=O) groups is 1. The van der Waals surface area contributed by atoms with E-state index in [1.165, 1.54) is 31.0 Å². The number of alkyl halides is 2. The van der Waals surface area contributed by atoms with Crippen LogP contribution in [0.5, 0.6) is 11.5 Å². The Hall–Kier alpha value is -3.73. The highest BCUT2D eigenvalue weighted by molar-refractivity contribution is 5.95. The van der Waals surface area contributed by atoms with E-state index in [1.54, 1.807) is 35.2 Å². The van der Waals surface area contributed by atoms with Gasteiger partial charge < -0.3 is 25.0 Å². The molecule has 3 heterocycles. The van der Waals surface area contributed by atoms with Crippen LogP contribution in [0.2, 0.25) is 0 Å². The number of methoxy groups -OCH3 is 2. The van der Waals surface area contributed by atoms with Gasteiger partial charge in [-0.2, -0.15) is 5.10 Å². The molecule has 0 aliphatic carbocycles. The molecule has 2 N–H and O–H groups in total. The number of nitrogens with one attached hydrogen (secondary N) is 2. The number of halogens is 3. The molecule has 1 amide bonds. The van der Waals surface area contributed by atoms with Crippen LogP contribution in [0, 0.1) is 5.82 Å². The van der Waals surface area contributed by atoms with Crippen LogP contribution in [0.15, 0.2) is 42.5 Å². The monoisotopic (exact) mass is 529 g/mol. The number of hydrogen-bond donors (Lipinski definition) is 2. The standard InChI is InChI=1S/C27H30F3N5O3/c1-15-14-31-8-9-34(15)27(36)17-4-6-18(19(28)10-17)21-13-25-32-20(12-22(26(29)30)35(25)33-21)16-5-7-23(37-2)24(11-16)38-3/h4-7,10-11,13,15,20,22,26,31-32H,8-9,12,14H2,1-3H3/t15-,20?,22?/m0/s1. The molecule has 0 spiro atoms. The number of anilines is 1. The van der Waals surface area contributed by atoms with Gasteiger partial charge in [0, 0.05) is 42.9 Å².